The molecule has 32 heavy (non-hydrogen) atoms. The van der Waals surface area contributed by atoms with Gasteiger partial charge in [0.2, 0.25) is 0 Å². The van der Waals surface area contributed by atoms with Gasteiger partial charge in [-0.15, -0.1) is 0 Å². The van der Waals surface area contributed by atoms with Crippen LogP contribution in [0.2, 0.25) is 0 Å². The maximum atomic E-state index is 14.8. The van der Waals surface area contributed by atoms with E-state index in [2.05, 4.69) is 20.3 Å². The highest BCUT2D eigenvalue weighted by molar-refractivity contribution is 5.85. The summed E-state index contributed by atoms with van der Waals surface area (Å²) < 4.78 is 25.6. The van der Waals surface area contributed by atoms with Crippen LogP contribution in [0.25, 0.3) is 11.2 Å². The second-order valence-electron chi connectivity index (χ2n) is 8.05. The molecule has 8 heteroatoms. The van der Waals surface area contributed by atoms with E-state index in [0.29, 0.717) is 17.9 Å². The fraction of sp³-hybridized carbons (Fsp3) is 0.333. The average Bonchev–Trinajstić information content (AvgIpc) is 3.56. The van der Waals surface area contributed by atoms with Crippen molar-refractivity contribution in [1.29, 1.82) is 0 Å². The summed E-state index contributed by atoms with van der Waals surface area (Å²) in [7, 11) is 1.71. The maximum absolute atomic E-state index is 14.8. The van der Waals surface area contributed by atoms with Gasteiger partial charge in [-0.25, -0.2) is 14.4 Å². The van der Waals surface area contributed by atoms with Crippen molar-refractivity contribution in [3.05, 3.63) is 71.8 Å². The topological polar surface area (TPSA) is 79.2 Å². The smallest absolute Gasteiger partial charge is 0.179 e. The van der Waals surface area contributed by atoms with Crippen molar-refractivity contribution >= 4 is 22.5 Å². The lowest BCUT2D eigenvalue weighted by Crippen LogP contribution is -2.23. The Morgan fingerprint density at radius 2 is 2.22 bits per heavy atom. The Bertz CT molecular complexity index is 1190. The van der Waals surface area contributed by atoms with E-state index in [9.17, 15) is 4.39 Å². The van der Waals surface area contributed by atoms with E-state index in [-0.39, 0.29) is 11.9 Å². The number of hydrogen-bond acceptors (Lipinski definition) is 6. The standard InChI is InChI=1S/C24H26FN5O2/c1-31-18-9-11-30(15-18)21-6-4-16(13-19(21)25)14-27-20-8-10-26-24-23(20)28-22(29-24)7-5-17-3-2-12-32-17/h2-4,6,8,10,12-13,18H,5,7,9,11,14-15H2,1H3,(H2,26,27,28,29). The molecule has 1 unspecified atom stereocenters. The third kappa shape index (κ3) is 4.31. The number of aryl methyl sites for hydroxylation is 2. The second-order valence-corrected chi connectivity index (χ2v) is 8.05. The number of nitrogens with zero attached hydrogens (tertiary/aromatic N) is 3. The lowest BCUT2D eigenvalue weighted by Gasteiger charge is -2.19. The number of H-pyrrole nitrogens is 1. The third-order valence-electron chi connectivity index (χ3n) is 5.94. The number of pyridine rings is 1. The van der Waals surface area contributed by atoms with E-state index in [1.807, 2.05) is 35.2 Å². The number of halogens is 1. The van der Waals surface area contributed by atoms with E-state index in [1.165, 1.54) is 0 Å². The zero-order chi connectivity index (χ0) is 21.9. The lowest BCUT2D eigenvalue weighted by atomic mass is 10.1. The molecule has 2 N–H and O–H groups in total. The second kappa shape index (κ2) is 9.00. The fourth-order valence-electron chi connectivity index (χ4n) is 4.17. The SMILES string of the molecule is COC1CCN(c2ccc(CNc3ccnc4nc(CCc5ccco5)[nH]c34)cc2F)C1. The van der Waals surface area contributed by atoms with Gasteiger partial charge < -0.3 is 24.4 Å². The van der Waals surface area contributed by atoms with Gasteiger partial charge in [0, 0.05) is 45.8 Å². The van der Waals surface area contributed by atoms with E-state index >= 15 is 0 Å². The molecule has 0 amide bonds. The number of nitrogens with one attached hydrogen (secondary N) is 2. The summed E-state index contributed by atoms with van der Waals surface area (Å²) in [5.74, 6) is 1.57. The predicted octanol–water partition coefficient (Wildman–Crippen LogP) is 4.31. The summed E-state index contributed by atoms with van der Waals surface area (Å²) in [5.41, 5.74) is 3.90. The van der Waals surface area contributed by atoms with Gasteiger partial charge in [0.25, 0.3) is 0 Å². The Labute approximate surface area is 185 Å². The molecule has 4 aromatic rings. The van der Waals surface area contributed by atoms with Crippen LogP contribution in [0, 0.1) is 5.82 Å². The van der Waals surface area contributed by atoms with Gasteiger partial charge in [-0.05, 0) is 42.3 Å². The summed E-state index contributed by atoms with van der Waals surface area (Å²) >= 11 is 0. The number of benzene rings is 1. The number of anilines is 2. The van der Waals surface area contributed by atoms with Gasteiger partial charge in [-0.1, -0.05) is 6.07 Å². The average molecular weight is 436 g/mol. The first kappa shape index (κ1) is 20.5. The molecule has 1 saturated heterocycles. The molecule has 1 atom stereocenters. The van der Waals surface area contributed by atoms with Crippen LogP contribution in [0.4, 0.5) is 15.8 Å². The van der Waals surface area contributed by atoms with Crippen LogP contribution >= 0.6 is 0 Å². The molecule has 3 aromatic heterocycles. The summed E-state index contributed by atoms with van der Waals surface area (Å²) in [6, 6.07) is 11.2. The van der Waals surface area contributed by atoms with Crippen molar-refractivity contribution in [3.63, 3.8) is 0 Å². The molecule has 0 bridgehead atoms. The first-order valence-corrected chi connectivity index (χ1v) is 10.9. The highest BCUT2D eigenvalue weighted by Gasteiger charge is 2.24. The molecule has 4 heterocycles. The van der Waals surface area contributed by atoms with Gasteiger partial charge in [0.1, 0.15) is 22.9 Å². The van der Waals surface area contributed by atoms with Crippen molar-refractivity contribution in [2.75, 3.05) is 30.4 Å². The number of rotatable bonds is 8. The Balaban J connectivity index is 1.26. The van der Waals surface area contributed by atoms with Crippen LogP contribution in [0.3, 0.4) is 0 Å². The first-order chi connectivity index (χ1) is 15.7. The number of imidazole rings is 1. The quantitative estimate of drug-likeness (QED) is 0.429. The van der Waals surface area contributed by atoms with Crippen molar-refractivity contribution < 1.29 is 13.5 Å². The van der Waals surface area contributed by atoms with Crippen LogP contribution in [0.5, 0.6) is 0 Å². The molecule has 0 radical (unpaired) electrons. The van der Waals surface area contributed by atoms with Crippen LogP contribution < -0.4 is 10.2 Å². The normalized spacial score (nSPS) is 16.2. The summed E-state index contributed by atoms with van der Waals surface area (Å²) in [6.07, 6.45) is 5.99. The predicted molar refractivity (Wildman–Crippen MR) is 121 cm³/mol. The molecule has 7 nitrogen and oxygen atoms in total. The minimum absolute atomic E-state index is 0.170. The zero-order valence-corrected chi connectivity index (χ0v) is 18.0. The minimum atomic E-state index is -0.206. The number of fused-ring (bicyclic) bond motifs is 1. The summed E-state index contributed by atoms with van der Waals surface area (Å²) in [6.45, 7) is 2.03. The van der Waals surface area contributed by atoms with Gasteiger partial charge in [0.05, 0.1) is 23.7 Å². The van der Waals surface area contributed by atoms with Gasteiger partial charge in [-0.2, -0.15) is 0 Å². The number of methoxy groups -OCH3 is 1. The largest absolute Gasteiger partial charge is 0.469 e. The lowest BCUT2D eigenvalue weighted by molar-refractivity contribution is 0.121. The molecule has 0 saturated carbocycles. The molecule has 166 valence electrons. The number of furan rings is 1. The van der Waals surface area contributed by atoms with Crippen molar-refractivity contribution in [2.45, 2.75) is 31.9 Å². The number of aromatic amines is 1. The van der Waals surface area contributed by atoms with E-state index in [1.54, 1.807) is 25.6 Å². The minimum Gasteiger partial charge on any atom is -0.469 e. The summed E-state index contributed by atoms with van der Waals surface area (Å²) in [4.78, 5) is 14.4. The van der Waals surface area contributed by atoms with Crippen molar-refractivity contribution in [1.82, 2.24) is 15.0 Å². The monoisotopic (exact) mass is 435 g/mol. The Morgan fingerprint density at radius 3 is 3.00 bits per heavy atom. The van der Waals surface area contributed by atoms with E-state index < -0.39 is 0 Å². The number of aromatic nitrogens is 3. The molecular formula is C24H26FN5O2. The van der Waals surface area contributed by atoms with Crippen LogP contribution in [0.1, 0.15) is 23.6 Å². The Hall–Kier alpha value is -3.39. The number of ether oxygens (including phenoxy) is 1. The molecule has 1 aliphatic heterocycles. The molecule has 1 aliphatic rings. The van der Waals surface area contributed by atoms with Gasteiger partial charge in [0.15, 0.2) is 5.65 Å². The fourth-order valence-corrected chi connectivity index (χ4v) is 4.17. The number of hydrogen-bond donors (Lipinski definition) is 2. The molecule has 1 fully saturated rings. The van der Waals surface area contributed by atoms with Gasteiger partial charge in [-0.3, -0.25) is 0 Å². The molecule has 0 spiro atoms. The highest BCUT2D eigenvalue weighted by atomic mass is 19.1. The van der Waals surface area contributed by atoms with Crippen LogP contribution in [0.15, 0.2) is 53.3 Å². The van der Waals surface area contributed by atoms with Gasteiger partial charge >= 0.3 is 0 Å². The molecule has 1 aromatic carbocycles. The van der Waals surface area contributed by atoms with Crippen LogP contribution in [-0.4, -0.2) is 41.3 Å². The van der Waals surface area contributed by atoms with E-state index in [4.69, 9.17) is 9.15 Å². The first-order valence-electron chi connectivity index (χ1n) is 10.9. The Kier molecular flexibility index (Phi) is 5.77. The van der Waals surface area contributed by atoms with Crippen molar-refractivity contribution in [3.8, 4) is 0 Å². The highest BCUT2D eigenvalue weighted by Crippen LogP contribution is 2.26. The molecule has 5 rings (SSSR count). The van der Waals surface area contributed by atoms with Crippen molar-refractivity contribution in [2.24, 2.45) is 0 Å². The Morgan fingerprint density at radius 1 is 1.28 bits per heavy atom. The zero-order valence-electron chi connectivity index (χ0n) is 18.0. The van der Waals surface area contributed by atoms with Crippen LogP contribution in [-0.2, 0) is 24.1 Å². The third-order valence-corrected chi connectivity index (χ3v) is 5.94. The molecule has 0 aliphatic carbocycles. The van der Waals surface area contributed by atoms with E-state index in [0.717, 1.165) is 60.7 Å². The maximum Gasteiger partial charge on any atom is 0.179 e. The summed E-state index contributed by atoms with van der Waals surface area (Å²) in [5, 5.41) is 3.39. The molecular weight excluding hydrogens is 409 g/mol.